The maximum Gasteiger partial charge on any atom is 0.168 e. The Hall–Kier alpha value is -1.46. The van der Waals surface area contributed by atoms with Crippen LogP contribution in [-0.4, -0.2) is 19.6 Å². The molecule has 0 saturated heterocycles. The van der Waals surface area contributed by atoms with Gasteiger partial charge in [0.25, 0.3) is 0 Å². The topological polar surface area (TPSA) is 43.1 Å². The summed E-state index contributed by atoms with van der Waals surface area (Å²) in [6.07, 6.45) is 5.30. The predicted octanol–water partition coefficient (Wildman–Crippen LogP) is 3.21. The van der Waals surface area contributed by atoms with Gasteiger partial charge in [0.2, 0.25) is 0 Å². The van der Waals surface area contributed by atoms with Crippen molar-refractivity contribution < 1.29 is 0 Å². The minimum Gasteiger partial charge on any atom is -0.265 e. The molecule has 6 heteroatoms. The highest BCUT2D eigenvalue weighted by molar-refractivity contribution is 9.10. The third-order valence-corrected chi connectivity index (χ3v) is 3.09. The lowest BCUT2D eigenvalue weighted by molar-refractivity contribution is 0.932. The standard InChI is InChI=1S/C11H6BrClN4/c12-8-5-10(13)16-17-6-9(15-11(8)17)7-1-3-14-4-2-7/h1-6H. The first kappa shape index (κ1) is 10.7. The molecule has 0 aliphatic heterocycles. The summed E-state index contributed by atoms with van der Waals surface area (Å²) in [4.78, 5) is 8.47. The van der Waals surface area contributed by atoms with Crippen LogP contribution in [0.1, 0.15) is 0 Å². The minimum atomic E-state index is 0.419. The highest BCUT2D eigenvalue weighted by Gasteiger charge is 2.08. The van der Waals surface area contributed by atoms with Crippen molar-refractivity contribution in [2.24, 2.45) is 0 Å². The van der Waals surface area contributed by atoms with Crippen LogP contribution in [0.4, 0.5) is 0 Å². The molecule has 0 aromatic carbocycles. The Bertz CT molecular complexity index is 681. The molecule has 0 N–H and O–H groups in total. The number of rotatable bonds is 1. The number of aromatic nitrogens is 4. The molecule has 84 valence electrons. The second-order valence-corrected chi connectivity index (χ2v) is 4.69. The molecule has 0 unspecified atom stereocenters. The zero-order chi connectivity index (χ0) is 11.8. The first-order valence-corrected chi connectivity index (χ1v) is 6.03. The van der Waals surface area contributed by atoms with Crippen molar-refractivity contribution >= 4 is 33.2 Å². The number of fused-ring (bicyclic) bond motifs is 1. The van der Waals surface area contributed by atoms with Crippen LogP contribution in [-0.2, 0) is 0 Å². The average molecular weight is 310 g/mol. The van der Waals surface area contributed by atoms with Crippen molar-refractivity contribution in [1.29, 1.82) is 0 Å². The Morgan fingerprint density at radius 1 is 1.24 bits per heavy atom. The largest absolute Gasteiger partial charge is 0.265 e. The molecule has 0 fully saturated rings. The molecule has 0 atom stereocenters. The van der Waals surface area contributed by atoms with Crippen LogP contribution in [0.3, 0.4) is 0 Å². The second kappa shape index (κ2) is 4.09. The first-order valence-electron chi connectivity index (χ1n) is 4.86. The van der Waals surface area contributed by atoms with E-state index in [0.717, 1.165) is 21.4 Å². The van der Waals surface area contributed by atoms with Crippen LogP contribution in [0, 0.1) is 0 Å². The molecule has 3 aromatic rings. The summed E-state index contributed by atoms with van der Waals surface area (Å²) in [5.41, 5.74) is 2.57. The van der Waals surface area contributed by atoms with Crippen molar-refractivity contribution in [2.75, 3.05) is 0 Å². The van der Waals surface area contributed by atoms with E-state index in [1.54, 1.807) is 23.0 Å². The van der Waals surface area contributed by atoms with Gasteiger partial charge >= 0.3 is 0 Å². The third-order valence-electron chi connectivity index (χ3n) is 2.33. The smallest absolute Gasteiger partial charge is 0.168 e. The van der Waals surface area contributed by atoms with Gasteiger partial charge in [0.15, 0.2) is 10.8 Å². The Morgan fingerprint density at radius 2 is 2.00 bits per heavy atom. The van der Waals surface area contributed by atoms with Gasteiger partial charge in [-0.05, 0) is 34.1 Å². The quantitative estimate of drug-likeness (QED) is 0.693. The summed E-state index contributed by atoms with van der Waals surface area (Å²) in [7, 11) is 0. The number of imidazole rings is 1. The Morgan fingerprint density at radius 3 is 2.76 bits per heavy atom. The van der Waals surface area contributed by atoms with Gasteiger partial charge in [0, 0.05) is 18.0 Å². The van der Waals surface area contributed by atoms with Crippen molar-refractivity contribution in [3.8, 4) is 11.3 Å². The molecule has 0 saturated carbocycles. The van der Waals surface area contributed by atoms with E-state index < -0.39 is 0 Å². The van der Waals surface area contributed by atoms with Crippen molar-refractivity contribution in [3.05, 3.63) is 46.4 Å². The van der Waals surface area contributed by atoms with Gasteiger partial charge in [-0.3, -0.25) is 4.98 Å². The predicted molar refractivity (Wildman–Crippen MR) is 68.9 cm³/mol. The molecule has 0 bridgehead atoms. The zero-order valence-electron chi connectivity index (χ0n) is 8.51. The van der Waals surface area contributed by atoms with E-state index in [4.69, 9.17) is 11.6 Å². The van der Waals surface area contributed by atoms with Crippen molar-refractivity contribution in [3.63, 3.8) is 0 Å². The van der Waals surface area contributed by atoms with Gasteiger partial charge in [-0.25, -0.2) is 9.50 Å². The molecular formula is C11H6BrClN4. The van der Waals surface area contributed by atoms with Gasteiger partial charge < -0.3 is 0 Å². The van der Waals surface area contributed by atoms with Gasteiger partial charge in [0.05, 0.1) is 16.4 Å². The first-order chi connectivity index (χ1) is 8.24. The molecular weight excluding hydrogens is 304 g/mol. The molecule has 3 rings (SSSR count). The van der Waals surface area contributed by atoms with Crippen LogP contribution >= 0.6 is 27.5 Å². The summed E-state index contributed by atoms with van der Waals surface area (Å²) >= 11 is 9.29. The fourth-order valence-corrected chi connectivity index (χ4v) is 2.38. The summed E-state index contributed by atoms with van der Waals surface area (Å²) in [6, 6.07) is 5.52. The van der Waals surface area contributed by atoms with E-state index in [1.807, 2.05) is 18.3 Å². The van der Waals surface area contributed by atoms with E-state index in [9.17, 15) is 0 Å². The number of pyridine rings is 1. The molecule has 0 aliphatic carbocycles. The van der Waals surface area contributed by atoms with Crippen LogP contribution < -0.4 is 0 Å². The third kappa shape index (κ3) is 1.92. The molecule has 3 aromatic heterocycles. The molecule has 0 radical (unpaired) electrons. The maximum atomic E-state index is 5.88. The van der Waals surface area contributed by atoms with E-state index in [0.29, 0.717) is 5.15 Å². The zero-order valence-corrected chi connectivity index (χ0v) is 10.9. The lowest BCUT2D eigenvalue weighted by Gasteiger charge is -1.94. The van der Waals surface area contributed by atoms with Gasteiger partial charge in [-0.15, -0.1) is 0 Å². The van der Waals surface area contributed by atoms with Crippen LogP contribution in [0.25, 0.3) is 16.9 Å². The van der Waals surface area contributed by atoms with Crippen LogP contribution in [0.5, 0.6) is 0 Å². The Labute approximate surface area is 110 Å². The van der Waals surface area contributed by atoms with Crippen molar-refractivity contribution in [1.82, 2.24) is 19.6 Å². The van der Waals surface area contributed by atoms with E-state index in [-0.39, 0.29) is 0 Å². The fourth-order valence-electron chi connectivity index (χ4n) is 1.57. The summed E-state index contributed by atoms with van der Waals surface area (Å²) in [5.74, 6) is 0. The van der Waals surface area contributed by atoms with E-state index in [2.05, 4.69) is 31.0 Å². The second-order valence-electron chi connectivity index (χ2n) is 3.45. The Kier molecular flexibility index (Phi) is 2.57. The molecule has 4 nitrogen and oxygen atoms in total. The highest BCUT2D eigenvalue weighted by atomic mass is 79.9. The number of hydrogen-bond donors (Lipinski definition) is 0. The van der Waals surface area contributed by atoms with Crippen LogP contribution in [0.15, 0.2) is 41.3 Å². The van der Waals surface area contributed by atoms with E-state index in [1.165, 1.54) is 0 Å². The van der Waals surface area contributed by atoms with Crippen molar-refractivity contribution in [2.45, 2.75) is 0 Å². The minimum absolute atomic E-state index is 0.419. The van der Waals surface area contributed by atoms with Gasteiger partial charge in [0.1, 0.15) is 0 Å². The maximum absolute atomic E-state index is 5.88. The van der Waals surface area contributed by atoms with Gasteiger partial charge in [-0.1, -0.05) is 11.6 Å². The average Bonchev–Trinajstić information content (AvgIpc) is 2.74. The lowest BCUT2D eigenvalue weighted by Crippen LogP contribution is -1.90. The molecule has 0 spiro atoms. The van der Waals surface area contributed by atoms with Crippen LogP contribution in [0.2, 0.25) is 5.15 Å². The summed E-state index contributed by atoms with van der Waals surface area (Å²) in [5, 5.41) is 4.58. The number of hydrogen-bond acceptors (Lipinski definition) is 3. The lowest BCUT2D eigenvalue weighted by atomic mass is 10.2. The van der Waals surface area contributed by atoms with Gasteiger partial charge in [-0.2, -0.15) is 5.10 Å². The molecule has 0 amide bonds. The monoisotopic (exact) mass is 308 g/mol. The summed E-state index contributed by atoms with van der Waals surface area (Å²) in [6.45, 7) is 0. The number of halogens is 2. The molecule has 0 aliphatic rings. The fraction of sp³-hybridized carbons (Fsp3) is 0. The summed E-state index contributed by atoms with van der Waals surface area (Å²) < 4.78 is 2.47. The molecule has 17 heavy (non-hydrogen) atoms. The van der Waals surface area contributed by atoms with E-state index >= 15 is 0 Å². The Balaban J connectivity index is 2.24. The normalized spacial score (nSPS) is 10.9. The highest BCUT2D eigenvalue weighted by Crippen LogP contribution is 2.24. The molecule has 3 heterocycles. The SMILES string of the molecule is Clc1cc(Br)c2nc(-c3ccncc3)cn2n1. The number of nitrogens with zero attached hydrogens (tertiary/aromatic N) is 4.